The minimum Gasteiger partial charge on any atom is -0.309 e. The molecule has 24 rings (SSSR count). The standard InChI is InChI=1S/C62H39N3.C50H31N3/c1-3-15-40(16-4-1)46-37-47(41-17-5-2-6-18-41)39-48(38-46)42-29-31-45(32-30-42)61-54-23-11-12-27-55(54)63-62(64-61)53-26-13-25-52-51(53)24-14-28-56(52)65-57-35-33-43-19-7-9-21-49(43)59(57)60-50-22-10-8-20-44(50)34-36-58(60)65;1-2-11-32(12-3-1)33-21-23-36(24-22-33)49-43-18-8-9-20-44(43)51-50(52-49)42-19-10-15-37-31-38(27-28-39(37)42)53-45-29-25-34-13-4-6-16-40(34)47(45)48-41-17-7-5-14-35(41)26-30-46(48)53/h1-39H;1-31H. The minimum absolute atomic E-state index is 0.702. The Kier molecular flexibility index (Phi) is 16.2. The SMILES string of the molecule is c1ccc(-c2cc(-c3ccccc3)cc(-c3ccc(-c4nc(-c5cccc6c(-n7c8ccc9ccccc9c8c8c9ccccc9ccc87)cccc56)nc5ccccc45)cc3)c2)cc1.c1ccc(-c2ccc(-c3nc(-c4cccc5cc(-n6c7ccc8ccccc8c7c7c8ccccc8ccc76)ccc45)nc4ccccc34)cc2)cc1. The summed E-state index contributed by atoms with van der Waals surface area (Å²) in [6, 6.07) is 153. The van der Waals surface area contributed by atoms with Crippen molar-refractivity contribution in [1.29, 1.82) is 0 Å². The molecule has 0 amide bonds. The van der Waals surface area contributed by atoms with E-state index in [9.17, 15) is 0 Å². The molecule has 20 aromatic carbocycles. The number of nitrogens with zero attached hydrogens (tertiary/aromatic N) is 6. The molecule has 0 aliphatic rings. The molecule has 0 aliphatic heterocycles. The predicted molar refractivity (Wildman–Crippen MR) is 496 cm³/mol. The highest BCUT2D eigenvalue weighted by molar-refractivity contribution is 6.30. The Morgan fingerprint density at radius 3 is 0.941 bits per heavy atom. The Morgan fingerprint density at radius 1 is 0.169 bits per heavy atom. The van der Waals surface area contributed by atoms with Crippen LogP contribution < -0.4 is 0 Å². The average molecular weight is 1500 g/mol. The van der Waals surface area contributed by atoms with Crippen molar-refractivity contribution in [3.63, 3.8) is 0 Å². The van der Waals surface area contributed by atoms with Gasteiger partial charge in [-0.2, -0.15) is 0 Å². The lowest BCUT2D eigenvalue weighted by Crippen LogP contribution is -1.98. The first-order valence-corrected chi connectivity index (χ1v) is 40.3. The third kappa shape index (κ3) is 11.5. The van der Waals surface area contributed by atoms with Gasteiger partial charge >= 0.3 is 0 Å². The van der Waals surface area contributed by atoms with Crippen molar-refractivity contribution >= 4 is 130 Å². The minimum atomic E-state index is 0.702. The first kappa shape index (κ1) is 67.9. The van der Waals surface area contributed by atoms with Crippen LogP contribution in [0.5, 0.6) is 0 Å². The molecule has 0 fully saturated rings. The summed E-state index contributed by atoms with van der Waals surface area (Å²) in [6.07, 6.45) is 0. The van der Waals surface area contributed by atoms with Crippen molar-refractivity contribution in [2.24, 2.45) is 0 Å². The van der Waals surface area contributed by atoms with Crippen LogP contribution >= 0.6 is 0 Å². The van der Waals surface area contributed by atoms with E-state index in [1.165, 1.54) is 126 Å². The van der Waals surface area contributed by atoms with Crippen LogP contribution in [0.1, 0.15) is 0 Å². The maximum absolute atomic E-state index is 5.44. The molecular weight excluding hydrogens is 1430 g/mol. The van der Waals surface area contributed by atoms with Gasteiger partial charge in [-0.3, -0.25) is 0 Å². The summed E-state index contributed by atoms with van der Waals surface area (Å²) in [4.78, 5) is 21.1. The van der Waals surface area contributed by atoms with Gasteiger partial charge < -0.3 is 9.13 Å². The van der Waals surface area contributed by atoms with Crippen LogP contribution in [0.15, 0.2) is 425 Å². The van der Waals surface area contributed by atoms with E-state index in [4.69, 9.17) is 19.9 Å². The van der Waals surface area contributed by atoms with Gasteiger partial charge in [-0.25, -0.2) is 19.9 Å². The predicted octanol–water partition coefficient (Wildman–Crippen LogP) is 29.7. The van der Waals surface area contributed by atoms with E-state index in [2.05, 4.69) is 428 Å². The van der Waals surface area contributed by atoms with Crippen LogP contribution in [-0.2, 0) is 0 Å². The molecule has 6 heteroatoms. The summed E-state index contributed by atoms with van der Waals surface area (Å²) in [5.41, 5.74) is 24.3. The van der Waals surface area contributed by atoms with E-state index in [0.717, 1.165) is 99.8 Å². The van der Waals surface area contributed by atoms with Crippen LogP contribution in [-0.4, -0.2) is 29.1 Å². The molecule has 4 aromatic heterocycles. The summed E-state index contributed by atoms with van der Waals surface area (Å²) in [7, 11) is 0. The maximum atomic E-state index is 5.44. The van der Waals surface area contributed by atoms with Crippen molar-refractivity contribution in [3.8, 4) is 101 Å². The molecule has 0 bridgehead atoms. The quantitative estimate of drug-likeness (QED) is 0.137. The molecule has 548 valence electrons. The molecular formula is C112H70N6. The molecule has 0 saturated heterocycles. The monoisotopic (exact) mass is 1500 g/mol. The number of hydrogen-bond acceptors (Lipinski definition) is 4. The molecule has 0 aliphatic carbocycles. The molecule has 6 nitrogen and oxygen atoms in total. The third-order valence-electron chi connectivity index (χ3n) is 23.9. The number of para-hydroxylation sites is 2. The molecule has 0 radical (unpaired) electrons. The highest BCUT2D eigenvalue weighted by atomic mass is 15.0. The van der Waals surface area contributed by atoms with Crippen molar-refractivity contribution in [1.82, 2.24) is 29.1 Å². The lowest BCUT2D eigenvalue weighted by Gasteiger charge is -2.15. The Morgan fingerprint density at radius 2 is 0.492 bits per heavy atom. The van der Waals surface area contributed by atoms with Crippen molar-refractivity contribution < 1.29 is 0 Å². The van der Waals surface area contributed by atoms with Gasteiger partial charge in [0.25, 0.3) is 0 Å². The van der Waals surface area contributed by atoms with Gasteiger partial charge in [-0.1, -0.05) is 352 Å². The lowest BCUT2D eigenvalue weighted by atomic mass is 9.93. The highest BCUT2D eigenvalue weighted by Crippen LogP contribution is 2.46. The highest BCUT2D eigenvalue weighted by Gasteiger charge is 2.24. The molecule has 4 heterocycles. The summed E-state index contributed by atoms with van der Waals surface area (Å²) >= 11 is 0. The summed E-state index contributed by atoms with van der Waals surface area (Å²) in [5, 5.41) is 21.7. The zero-order valence-electron chi connectivity index (χ0n) is 64.1. The second-order valence-electron chi connectivity index (χ2n) is 30.7. The van der Waals surface area contributed by atoms with Crippen LogP contribution in [0.25, 0.3) is 231 Å². The Labute approximate surface area is 680 Å². The van der Waals surface area contributed by atoms with E-state index in [-0.39, 0.29) is 0 Å². The number of fused-ring (bicyclic) bond motifs is 18. The molecule has 0 spiro atoms. The first-order valence-electron chi connectivity index (χ1n) is 40.3. The number of benzene rings is 20. The van der Waals surface area contributed by atoms with E-state index in [1.54, 1.807) is 0 Å². The van der Waals surface area contributed by atoms with Crippen LogP contribution in [0.2, 0.25) is 0 Å². The fraction of sp³-hybridized carbons (Fsp3) is 0. The molecule has 0 saturated carbocycles. The lowest BCUT2D eigenvalue weighted by molar-refractivity contribution is 1.19. The molecule has 24 aromatic rings. The zero-order valence-corrected chi connectivity index (χ0v) is 64.1. The number of aromatic nitrogens is 6. The van der Waals surface area contributed by atoms with Crippen LogP contribution in [0.3, 0.4) is 0 Å². The molecule has 118 heavy (non-hydrogen) atoms. The Bertz CT molecular complexity index is 7910. The van der Waals surface area contributed by atoms with Gasteiger partial charge in [-0.15, -0.1) is 0 Å². The summed E-state index contributed by atoms with van der Waals surface area (Å²) in [6.45, 7) is 0. The normalized spacial score (nSPS) is 11.7. The van der Waals surface area contributed by atoms with E-state index >= 15 is 0 Å². The average Bonchev–Trinajstić information content (AvgIpc) is 1.56. The van der Waals surface area contributed by atoms with E-state index < -0.39 is 0 Å². The van der Waals surface area contributed by atoms with Crippen molar-refractivity contribution in [3.05, 3.63) is 425 Å². The van der Waals surface area contributed by atoms with E-state index in [0.29, 0.717) is 5.82 Å². The Balaban J connectivity index is 0.000000141. The van der Waals surface area contributed by atoms with Gasteiger partial charge in [0.15, 0.2) is 11.6 Å². The zero-order chi connectivity index (χ0) is 77.7. The van der Waals surface area contributed by atoms with Crippen molar-refractivity contribution in [2.45, 2.75) is 0 Å². The molecule has 0 unspecified atom stereocenters. The molecule has 0 N–H and O–H groups in total. The summed E-state index contributed by atoms with van der Waals surface area (Å²) < 4.78 is 4.89. The van der Waals surface area contributed by atoms with Gasteiger partial charge in [-0.05, 0) is 177 Å². The van der Waals surface area contributed by atoms with Gasteiger partial charge in [0.2, 0.25) is 0 Å². The fourth-order valence-corrected chi connectivity index (χ4v) is 18.4. The first-order chi connectivity index (χ1) is 58.5. The maximum Gasteiger partial charge on any atom is 0.161 e. The summed E-state index contributed by atoms with van der Waals surface area (Å²) in [5.74, 6) is 1.42. The van der Waals surface area contributed by atoms with Gasteiger partial charge in [0.1, 0.15) is 0 Å². The third-order valence-corrected chi connectivity index (χ3v) is 23.9. The van der Waals surface area contributed by atoms with Crippen LogP contribution in [0, 0.1) is 0 Å². The largest absolute Gasteiger partial charge is 0.309 e. The van der Waals surface area contributed by atoms with Gasteiger partial charge in [0.05, 0.1) is 50.2 Å². The smallest absolute Gasteiger partial charge is 0.161 e. The van der Waals surface area contributed by atoms with E-state index in [1.807, 2.05) is 6.07 Å². The Hall–Kier alpha value is -15.8. The number of rotatable bonds is 10. The number of hydrogen-bond donors (Lipinski definition) is 0. The topological polar surface area (TPSA) is 61.4 Å². The fourth-order valence-electron chi connectivity index (χ4n) is 18.4. The molecule has 0 atom stereocenters. The van der Waals surface area contributed by atoms with Gasteiger partial charge in [0, 0.05) is 65.6 Å². The van der Waals surface area contributed by atoms with Crippen LogP contribution in [0.4, 0.5) is 0 Å². The second-order valence-corrected chi connectivity index (χ2v) is 30.7. The van der Waals surface area contributed by atoms with Crippen molar-refractivity contribution in [2.75, 3.05) is 0 Å². The second kappa shape index (κ2) is 28.1.